The predicted molar refractivity (Wildman–Crippen MR) is 181 cm³/mol. The molecular formula is C35H40N4O7S. The van der Waals surface area contributed by atoms with Crippen LogP contribution in [0, 0.1) is 5.92 Å². The molecule has 0 spiro atoms. The molecular weight excluding hydrogens is 620 g/mol. The number of aliphatic hydroxyl groups excluding tert-OH is 1. The van der Waals surface area contributed by atoms with E-state index in [-0.39, 0.29) is 42.8 Å². The molecule has 4 aromatic rings. The molecule has 3 amide bonds. The van der Waals surface area contributed by atoms with Crippen molar-refractivity contribution in [3.05, 3.63) is 90.5 Å². The van der Waals surface area contributed by atoms with Gasteiger partial charge in [0.1, 0.15) is 17.6 Å². The van der Waals surface area contributed by atoms with E-state index in [1.165, 1.54) is 30.6 Å². The lowest BCUT2D eigenvalue weighted by molar-refractivity contribution is -0.134. The minimum Gasteiger partial charge on any atom is -0.497 e. The van der Waals surface area contributed by atoms with Crippen LogP contribution in [0.2, 0.25) is 0 Å². The Morgan fingerprint density at radius 3 is 2.51 bits per heavy atom. The summed E-state index contributed by atoms with van der Waals surface area (Å²) in [6.07, 6.45) is -0.695. The summed E-state index contributed by atoms with van der Waals surface area (Å²) in [4.78, 5) is 28.4. The van der Waals surface area contributed by atoms with E-state index < -0.39 is 28.2 Å². The minimum absolute atomic E-state index is 0.00204. The zero-order valence-corrected chi connectivity index (χ0v) is 27.7. The number of benzene rings is 4. The maximum Gasteiger partial charge on any atom is 0.323 e. The first-order chi connectivity index (χ1) is 22.5. The normalized spacial score (nSPS) is 17.6. The van der Waals surface area contributed by atoms with Gasteiger partial charge in [0, 0.05) is 36.1 Å². The summed E-state index contributed by atoms with van der Waals surface area (Å²) in [6, 6.07) is 23.7. The number of urea groups is 1. The molecule has 0 aliphatic carbocycles. The number of ether oxygens (including phenoxy) is 2. The molecule has 3 N–H and O–H groups in total. The van der Waals surface area contributed by atoms with Gasteiger partial charge in [-0.25, -0.2) is 13.2 Å². The highest BCUT2D eigenvalue weighted by Gasteiger charge is 2.33. The molecule has 47 heavy (non-hydrogen) atoms. The standard InChI is InChI=1S/C35H40N4O7S/c1-23-20-39(24(2)22-40)34(41)19-26-18-27(36-35(42)37-31-11-7-9-25-8-5-6-10-30(25)31)12-17-32(26)46-33(23)21-38(3)47(43,44)29-15-13-28(45-4)14-16-29/h5-18,23-24,33,40H,19-22H2,1-4H3,(H2,36,37,42)/t23-,24+,33+/m0/s1. The van der Waals surface area contributed by atoms with Crippen LogP contribution in [0.1, 0.15) is 19.4 Å². The van der Waals surface area contributed by atoms with Gasteiger partial charge in [-0.15, -0.1) is 0 Å². The highest BCUT2D eigenvalue weighted by molar-refractivity contribution is 7.89. The average Bonchev–Trinajstić information content (AvgIpc) is 3.11. The van der Waals surface area contributed by atoms with Crippen molar-refractivity contribution in [2.24, 2.45) is 5.92 Å². The highest BCUT2D eigenvalue weighted by Crippen LogP contribution is 2.30. The molecule has 0 radical (unpaired) electrons. The number of amides is 3. The molecule has 0 saturated carbocycles. The zero-order chi connectivity index (χ0) is 33.7. The second-order valence-corrected chi connectivity index (χ2v) is 13.8. The number of nitrogens with zero attached hydrogens (tertiary/aromatic N) is 2. The molecule has 0 aromatic heterocycles. The van der Waals surface area contributed by atoms with Crippen LogP contribution in [0.25, 0.3) is 10.8 Å². The van der Waals surface area contributed by atoms with Gasteiger partial charge in [-0.3, -0.25) is 4.79 Å². The molecule has 0 saturated heterocycles. The van der Waals surface area contributed by atoms with Crippen molar-refractivity contribution in [3.63, 3.8) is 0 Å². The molecule has 11 nitrogen and oxygen atoms in total. The smallest absolute Gasteiger partial charge is 0.323 e. The summed E-state index contributed by atoms with van der Waals surface area (Å²) in [5.41, 5.74) is 1.62. The molecule has 1 aliphatic rings. The number of hydrogen-bond acceptors (Lipinski definition) is 7. The van der Waals surface area contributed by atoms with E-state index in [1.807, 2.05) is 49.4 Å². The second kappa shape index (κ2) is 14.4. The van der Waals surface area contributed by atoms with Gasteiger partial charge < -0.3 is 30.1 Å². The van der Waals surface area contributed by atoms with Crippen molar-refractivity contribution in [1.82, 2.24) is 9.21 Å². The van der Waals surface area contributed by atoms with Crippen LogP contribution in [0.5, 0.6) is 11.5 Å². The molecule has 12 heteroatoms. The van der Waals surface area contributed by atoms with Crippen molar-refractivity contribution in [3.8, 4) is 11.5 Å². The van der Waals surface area contributed by atoms with Crippen molar-refractivity contribution >= 4 is 44.1 Å². The van der Waals surface area contributed by atoms with E-state index >= 15 is 0 Å². The molecule has 1 aliphatic heterocycles. The summed E-state index contributed by atoms with van der Waals surface area (Å²) in [5, 5.41) is 17.6. The SMILES string of the molecule is COc1ccc(S(=O)(=O)N(C)C[C@H]2Oc3ccc(NC(=O)Nc4cccc5ccccc45)cc3CC(=O)N([C@H](C)CO)C[C@@H]2C)cc1. The molecule has 4 aromatic carbocycles. The third kappa shape index (κ3) is 7.67. The Balaban J connectivity index is 1.40. The Morgan fingerprint density at radius 2 is 1.79 bits per heavy atom. The Morgan fingerprint density at radius 1 is 1.06 bits per heavy atom. The number of rotatable bonds is 9. The number of likely N-dealkylation sites (N-methyl/N-ethyl adjacent to an activating group) is 1. The van der Waals surface area contributed by atoms with Crippen LogP contribution in [0.15, 0.2) is 89.8 Å². The first-order valence-corrected chi connectivity index (χ1v) is 16.8. The molecule has 0 unspecified atom stereocenters. The van der Waals surface area contributed by atoms with Gasteiger partial charge in [-0.1, -0.05) is 43.3 Å². The maximum atomic E-state index is 13.6. The predicted octanol–water partition coefficient (Wildman–Crippen LogP) is 4.96. The number of fused-ring (bicyclic) bond motifs is 2. The zero-order valence-electron chi connectivity index (χ0n) is 26.8. The van der Waals surface area contributed by atoms with Crippen molar-refractivity contribution in [2.75, 3.05) is 44.5 Å². The van der Waals surface area contributed by atoms with E-state index in [9.17, 15) is 23.1 Å². The fraction of sp³-hybridized carbons (Fsp3) is 0.314. The number of carbonyl (C=O) groups is 2. The van der Waals surface area contributed by atoms with Crippen molar-refractivity contribution < 1.29 is 32.6 Å². The van der Waals surface area contributed by atoms with Gasteiger partial charge in [0.2, 0.25) is 15.9 Å². The van der Waals surface area contributed by atoms with Gasteiger partial charge in [0.05, 0.1) is 43.3 Å². The Bertz CT molecular complexity index is 1840. The van der Waals surface area contributed by atoms with Gasteiger partial charge in [0.25, 0.3) is 0 Å². The third-order valence-electron chi connectivity index (χ3n) is 8.42. The van der Waals surface area contributed by atoms with Gasteiger partial charge in [-0.05, 0) is 60.8 Å². The number of methoxy groups -OCH3 is 1. The highest BCUT2D eigenvalue weighted by atomic mass is 32.2. The third-order valence-corrected chi connectivity index (χ3v) is 10.3. The van der Waals surface area contributed by atoms with Crippen LogP contribution < -0.4 is 20.1 Å². The van der Waals surface area contributed by atoms with Gasteiger partial charge in [0.15, 0.2) is 0 Å². The van der Waals surface area contributed by atoms with E-state index in [2.05, 4.69) is 10.6 Å². The van der Waals surface area contributed by atoms with Gasteiger partial charge >= 0.3 is 6.03 Å². The molecule has 0 bridgehead atoms. The van der Waals surface area contributed by atoms with E-state index in [0.717, 1.165) is 10.8 Å². The lowest BCUT2D eigenvalue weighted by Gasteiger charge is -2.33. The number of nitrogens with one attached hydrogen (secondary N) is 2. The van der Waals surface area contributed by atoms with Crippen molar-refractivity contribution in [1.29, 1.82) is 0 Å². The molecule has 0 fully saturated rings. The fourth-order valence-corrected chi connectivity index (χ4v) is 6.81. The fourth-order valence-electron chi connectivity index (χ4n) is 5.62. The van der Waals surface area contributed by atoms with Crippen LogP contribution >= 0.6 is 0 Å². The number of aliphatic hydroxyl groups is 1. The monoisotopic (exact) mass is 660 g/mol. The summed E-state index contributed by atoms with van der Waals surface area (Å²) >= 11 is 0. The molecule has 3 atom stereocenters. The summed E-state index contributed by atoms with van der Waals surface area (Å²) in [6.45, 7) is 3.65. The first kappa shape index (κ1) is 33.7. The van der Waals surface area contributed by atoms with Crippen LogP contribution in [-0.2, 0) is 21.2 Å². The largest absolute Gasteiger partial charge is 0.497 e. The summed E-state index contributed by atoms with van der Waals surface area (Å²) < 4.78 is 39.9. The lowest BCUT2D eigenvalue weighted by atomic mass is 10.0. The summed E-state index contributed by atoms with van der Waals surface area (Å²) in [7, 11) is -0.877. The lowest BCUT2D eigenvalue weighted by Crippen LogP contribution is -2.48. The topological polar surface area (TPSA) is 138 Å². The quantitative estimate of drug-likeness (QED) is 0.231. The first-order valence-electron chi connectivity index (χ1n) is 15.4. The van der Waals surface area contributed by atoms with E-state index in [1.54, 1.807) is 42.2 Å². The van der Waals surface area contributed by atoms with Gasteiger partial charge in [-0.2, -0.15) is 4.31 Å². The van der Waals surface area contributed by atoms with Crippen molar-refractivity contribution in [2.45, 2.75) is 37.3 Å². The molecule has 1 heterocycles. The second-order valence-electron chi connectivity index (χ2n) is 11.8. The van der Waals surface area contributed by atoms with Crippen LogP contribution in [0.3, 0.4) is 0 Å². The molecule has 5 rings (SSSR count). The Labute approximate surface area is 275 Å². The number of anilines is 2. The number of sulfonamides is 1. The number of carbonyl (C=O) groups excluding carboxylic acids is 2. The average molecular weight is 661 g/mol. The van der Waals surface area contributed by atoms with E-state index in [4.69, 9.17) is 9.47 Å². The Kier molecular flexibility index (Phi) is 10.3. The minimum atomic E-state index is -3.88. The maximum absolute atomic E-state index is 13.6. The molecule has 248 valence electrons. The Hall–Kier alpha value is -4.65. The summed E-state index contributed by atoms with van der Waals surface area (Å²) in [5.74, 6) is 0.417. The van der Waals surface area contributed by atoms with Crippen LogP contribution in [0.4, 0.5) is 16.2 Å². The van der Waals surface area contributed by atoms with Crippen LogP contribution in [-0.4, -0.2) is 80.7 Å². The number of hydrogen-bond donors (Lipinski definition) is 3. The van der Waals surface area contributed by atoms with E-state index in [0.29, 0.717) is 28.4 Å².